The van der Waals surface area contributed by atoms with Gasteiger partial charge in [0.15, 0.2) is 5.78 Å². The summed E-state index contributed by atoms with van der Waals surface area (Å²) >= 11 is 5.86. The first-order valence-electron chi connectivity index (χ1n) is 9.84. The van der Waals surface area contributed by atoms with Gasteiger partial charge in [-0.3, -0.25) is 4.79 Å². The highest BCUT2D eigenvalue weighted by Crippen LogP contribution is 2.40. The number of esters is 1. The molecule has 0 spiro atoms. The van der Waals surface area contributed by atoms with Gasteiger partial charge in [-0.05, 0) is 67.1 Å². The highest BCUT2D eigenvalue weighted by molar-refractivity contribution is 6.30. The molecule has 5 nitrogen and oxygen atoms in total. The maximum atomic E-state index is 15.3. The van der Waals surface area contributed by atoms with E-state index in [0.29, 0.717) is 37.5 Å². The van der Waals surface area contributed by atoms with Crippen molar-refractivity contribution in [1.82, 2.24) is 0 Å². The molecular formula is C23H24ClFO5. The van der Waals surface area contributed by atoms with Crippen LogP contribution in [0.4, 0.5) is 4.39 Å². The van der Waals surface area contributed by atoms with Crippen molar-refractivity contribution < 1.29 is 28.6 Å². The maximum absolute atomic E-state index is 15.3. The lowest BCUT2D eigenvalue weighted by molar-refractivity contribution is -0.0732. The Hall–Kier alpha value is -2.28. The third kappa shape index (κ3) is 4.26. The minimum atomic E-state index is -1.35. The Labute approximate surface area is 179 Å². The minimum Gasteiger partial charge on any atom is -0.465 e. The van der Waals surface area contributed by atoms with Crippen molar-refractivity contribution in [3.63, 3.8) is 0 Å². The van der Waals surface area contributed by atoms with Crippen LogP contribution in [0.3, 0.4) is 0 Å². The molecule has 1 atom stereocenters. The highest BCUT2D eigenvalue weighted by Gasteiger charge is 2.39. The van der Waals surface area contributed by atoms with Crippen LogP contribution < -0.4 is 0 Å². The summed E-state index contributed by atoms with van der Waals surface area (Å²) in [6, 6.07) is 8.47. The monoisotopic (exact) mass is 434 g/mol. The van der Waals surface area contributed by atoms with Gasteiger partial charge in [-0.1, -0.05) is 18.5 Å². The lowest BCUT2D eigenvalue weighted by Gasteiger charge is -2.38. The number of hydrogen-bond acceptors (Lipinski definition) is 5. The Morgan fingerprint density at radius 2 is 1.87 bits per heavy atom. The van der Waals surface area contributed by atoms with E-state index in [4.69, 9.17) is 21.1 Å². The fourth-order valence-electron chi connectivity index (χ4n) is 4.01. The predicted molar refractivity (Wildman–Crippen MR) is 110 cm³/mol. The molecule has 3 rings (SSSR count). The summed E-state index contributed by atoms with van der Waals surface area (Å²) in [5, 5.41) is 11.9. The Bertz CT molecular complexity index is 937. The van der Waals surface area contributed by atoms with Gasteiger partial charge in [0.2, 0.25) is 0 Å². The Morgan fingerprint density at radius 3 is 2.43 bits per heavy atom. The van der Waals surface area contributed by atoms with Crippen molar-refractivity contribution in [2.24, 2.45) is 5.92 Å². The molecule has 0 bridgehead atoms. The van der Waals surface area contributed by atoms with E-state index < -0.39 is 28.7 Å². The van der Waals surface area contributed by atoms with Gasteiger partial charge < -0.3 is 14.6 Å². The van der Waals surface area contributed by atoms with Crippen LogP contribution in [0.15, 0.2) is 36.4 Å². The second kappa shape index (κ2) is 9.25. The first kappa shape index (κ1) is 22.4. The van der Waals surface area contributed by atoms with E-state index in [0.717, 1.165) is 13.2 Å². The number of rotatable bonds is 6. The first-order chi connectivity index (χ1) is 14.3. The van der Waals surface area contributed by atoms with Gasteiger partial charge in [-0.2, -0.15) is 0 Å². The molecule has 0 radical (unpaired) electrons. The van der Waals surface area contributed by atoms with Crippen molar-refractivity contribution in [1.29, 1.82) is 0 Å². The largest absolute Gasteiger partial charge is 0.465 e. The molecule has 1 fully saturated rings. The second-order valence-electron chi connectivity index (χ2n) is 7.37. The van der Waals surface area contributed by atoms with Crippen LogP contribution in [0.25, 0.3) is 0 Å². The molecule has 30 heavy (non-hydrogen) atoms. The minimum absolute atomic E-state index is 0.154. The molecule has 0 aliphatic carbocycles. The molecule has 1 aliphatic heterocycles. The Morgan fingerprint density at radius 1 is 1.23 bits per heavy atom. The second-order valence-corrected chi connectivity index (χ2v) is 7.81. The number of ether oxygens (including phenoxy) is 2. The summed E-state index contributed by atoms with van der Waals surface area (Å²) in [5.41, 5.74) is -1.52. The van der Waals surface area contributed by atoms with Gasteiger partial charge in [0.25, 0.3) is 0 Å². The van der Waals surface area contributed by atoms with Gasteiger partial charge >= 0.3 is 5.97 Å². The number of carbonyl (C=O) groups excluding carboxylic acids is 2. The smallest absolute Gasteiger partial charge is 0.338 e. The number of halogens is 2. The van der Waals surface area contributed by atoms with E-state index in [1.165, 1.54) is 30.3 Å². The van der Waals surface area contributed by atoms with Crippen molar-refractivity contribution in [3.8, 4) is 0 Å². The quantitative estimate of drug-likeness (QED) is 0.534. The molecule has 1 N–H and O–H groups in total. The average molecular weight is 435 g/mol. The zero-order valence-electron chi connectivity index (χ0n) is 16.9. The van der Waals surface area contributed by atoms with E-state index in [1.807, 2.05) is 0 Å². The summed E-state index contributed by atoms with van der Waals surface area (Å²) in [6.07, 6.45) is 1.55. The standard InChI is InChI=1S/C23H24ClFO5/c1-3-23(28,15-8-10-30-11-9-15)16-12-18(22(27)29-2)20(19(25)13-16)21(26)14-4-6-17(24)7-5-14/h4-7,12-13,15,28H,3,8-11H2,1-2H3/t23-/m1/s1. The van der Waals surface area contributed by atoms with Crippen molar-refractivity contribution in [2.75, 3.05) is 20.3 Å². The molecule has 1 heterocycles. The van der Waals surface area contributed by atoms with Crippen LogP contribution in [-0.4, -0.2) is 37.2 Å². The summed E-state index contributed by atoms with van der Waals surface area (Å²) in [7, 11) is 1.16. The summed E-state index contributed by atoms with van der Waals surface area (Å²) in [4.78, 5) is 25.4. The van der Waals surface area contributed by atoms with Crippen LogP contribution in [0.2, 0.25) is 5.02 Å². The van der Waals surface area contributed by atoms with Crippen LogP contribution in [0.1, 0.15) is 58.0 Å². The third-order valence-corrected chi connectivity index (χ3v) is 6.02. The molecule has 2 aromatic carbocycles. The molecule has 0 unspecified atom stereocenters. The molecule has 0 aromatic heterocycles. The molecule has 1 aliphatic rings. The molecule has 0 saturated carbocycles. The number of methoxy groups -OCH3 is 1. The predicted octanol–water partition coefficient (Wildman–Crippen LogP) is 4.52. The van der Waals surface area contributed by atoms with E-state index in [1.54, 1.807) is 6.92 Å². The van der Waals surface area contributed by atoms with Gasteiger partial charge in [0.1, 0.15) is 5.82 Å². The highest BCUT2D eigenvalue weighted by atomic mass is 35.5. The van der Waals surface area contributed by atoms with E-state index in [2.05, 4.69) is 0 Å². The lowest BCUT2D eigenvalue weighted by atomic mass is 9.74. The zero-order chi connectivity index (χ0) is 21.9. The fraction of sp³-hybridized carbons (Fsp3) is 0.391. The maximum Gasteiger partial charge on any atom is 0.338 e. The number of ketones is 1. The molecule has 7 heteroatoms. The van der Waals surface area contributed by atoms with Crippen LogP contribution >= 0.6 is 11.6 Å². The average Bonchev–Trinajstić information content (AvgIpc) is 2.78. The lowest BCUT2D eigenvalue weighted by Crippen LogP contribution is -2.38. The number of aliphatic hydroxyl groups is 1. The van der Waals surface area contributed by atoms with Crippen LogP contribution in [-0.2, 0) is 15.1 Å². The zero-order valence-corrected chi connectivity index (χ0v) is 17.7. The van der Waals surface area contributed by atoms with E-state index in [-0.39, 0.29) is 22.6 Å². The molecule has 2 aromatic rings. The topological polar surface area (TPSA) is 72.8 Å². The SMILES string of the molecule is CC[C@](O)(c1cc(F)c(C(=O)c2ccc(Cl)cc2)c(C(=O)OC)c1)C1CCOCC1. The summed E-state index contributed by atoms with van der Waals surface area (Å²) in [6.45, 7) is 2.82. The van der Waals surface area contributed by atoms with Crippen molar-refractivity contribution in [3.05, 3.63) is 69.5 Å². The molecule has 1 saturated heterocycles. The van der Waals surface area contributed by atoms with E-state index in [9.17, 15) is 14.7 Å². The van der Waals surface area contributed by atoms with Gasteiger partial charge in [0, 0.05) is 23.8 Å². The number of benzene rings is 2. The van der Waals surface area contributed by atoms with Crippen LogP contribution in [0.5, 0.6) is 0 Å². The fourth-order valence-corrected chi connectivity index (χ4v) is 4.13. The Kier molecular flexibility index (Phi) is 6.91. The molecular weight excluding hydrogens is 411 g/mol. The Balaban J connectivity index is 2.12. The number of hydrogen-bond donors (Lipinski definition) is 1. The van der Waals surface area contributed by atoms with Gasteiger partial charge in [-0.25, -0.2) is 9.18 Å². The molecule has 160 valence electrons. The molecule has 0 amide bonds. The van der Waals surface area contributed by atoms with Crippen molar-refractivity contribution >= 4 is 23.4 Å². The van der Waals surface area contributed by atoms with Gasteiger partial charge in [-0.15, -0.1) is 0 Å². The van der Waals surface area contributed by atoms with Crippen molar-refractivity contribution in [2.45, 2.75) is 31.8 Å². The summed E-state index contributed by atoms with van der Waals surface area (Å²) < 4.78 is 25.4. The van der Waals surface area contributed by atoms with Gasteiger partial charge in [0.05, 0.1) is 23.8 Å². The third-order valence-electron chi connectivity index (χ3n) is 5.76. The summed E-state index contributed by atoms with van der Waals surface area (Å²) in [5.74, 6) is -2.55. The normalized spacial score (nSPS) is 16.7. The van der Waals surface area contributed by atoms with E-state index >= 15 is 4.39 Å². The van der Waals surface area contributed by atoms with Crippen LogP contribution in [0, 0.1) is 11.7 Å². The first-order valence-corrected chi connectivity index (χ1v) is 10.2. The number of carbonyl (C=O) groups is 2.